The standard InChI is InChI=1S/C15H9F6IN4/c16-5-7-4-10(15(19,20)21)24-14-11(7)13(23)26(25-14)9-2-1-6(12(17)18)3-8(9)22/h1-4,12H,5,23H2. The van der Waals surface area contributed by atoms with Crippen LogP contribution in [-0.2, 0) is 12.9 Å². The SMILES string of the molecule is Nc1c2c(CF)cc(C(F)(F)F)nc2nn1-c1ccc(C(F)F)cc1I. The van der Waals surface area contributed by atoms with Crippen molar-refractivity contribution in [2.24, 2.45) is 0 Å². The number of rotatable bonds is 3. The van der Waals surface area contributed by atoms with Gasteiger partial charge >= 0.3 is 6.18 Å². The molecule has 0 unspecified atom stereocenters. The second-order valence-electron chi connectivity index (χ2n) is 5.31. The van der Waals surface area contributed by atoms with Crippen LogP contribution in [0.25, 0.3) is 16.7 Å². The predicted molar refractivity (Wildman–Crippen MR) is 90.8 cm³/mol. The molecule has 1 aromatic carbocycles. The molecule has 2 heterocycles. The van der Waals surface area contributed by atoms with Gasteiger partial charge in [-0.05, 0) is 46.4 Å². The smallest absolute Gasteiger partial charge is 0.383 e. The lowest BCUT2D eigenvalue weighted by Crippen LogP contribution is -2.09. The summed E-state index contributed by atoms with van der Waals surface area (Å²) >= 11 is 1.78. The second kappa shape index (κ2) is 6.59. The van der Waals surface area contributed by atoms with Crippen molar-refractivity contribution in [2.45, 2.75) is 19.3 Å². The van der Waals surface area contributed by atoms with Crippen molar-refractivity contribution in [1.82, 2.24) is 14.8 Å². The van der Waals surface area contributed by atoms with Crippen molar-refractivity contribution in [1.29, 1.82) is 0 Å². The number of aromatic nitrogens is 3. The number of hydrogen-bond acceptors (Lipinski definition) is 3. The highest BCUT2D eigenvalue weighted by molar-refractivity contribution is 14.1. The van der Waals surface area contributed by atoms with E-state index in [2.05, 4.69) is 10.1 Å². The Morgan fingerprint density at radius 2 is 1.88 bits per heavy atom. The zero-order chi connectivity index (χ0) is 19.2. The molecule has 0 aliphatic rings. The van der Waals surface area contributed by atoms with Gasteiger partial charge in [0, 0.05) is 9.13 Å². The summed E-state index contributed by atoms with van der Waals surface area (Å²) in [5.41, 5.74) is 4.01. The van der Waals surface area contributed by atoms with Gasteiger partial charge in [0.25, 0.3) is 6.43 Å². The molecule has 11 heteroatoms. The molecule has 0 aliphatic heterocycles. The van der Waals surface area contributed by atoms with Gasteiger partial charge in [-0.2, -0.15) is 13.2 Å². The summed E-state index contributed by atoms with van der Waals surface area (Å²) in [7, 11) is 0. The van der Waals surface area contributed by atoms with Crippen molar-refractivity contribution in [2.75, 3.05) is 5.73 Å². The monoisotopic (exact) mass is 486 g/mol. The van der Waals surface area contributed by atoms with Crippen molar-refractivity contribution in [3.63, 3.8) is 0 Å². The molecule has 0 atom stereocenters. The first kappa shape index (κ1) is 18.7. The van der Waals surface area contributed by atoms with Gasteiger partial charge in [0.2, 0.25) is 0 Å². The molecule has 0 amide bonds. The molecule has 3 aromatic rings. The van der Waals surface area contributed by atoms with Crippen LogP contribution in [-0.4, -0.2) is 14.8 Å². The van der Waals surface area contributed by atoms with Crippen molar-refractivity contribution in [3.8, 4) is 5.69 Å². The number of fused-ring (bicyclic) bond motifs is 1. The molecule has 2 N–H and O–H groups in total. The molecule has 2 aromatic heterocycles. The molecular weight excluding hydrogens is 477 g/mol. The van der Waals surface area contributed by atoms with Crippen LogP contribution < -0.4 is 5.73 Å². The Morgan fingerprint density at radius 3 is 2.42 bits per heavy atom. The Balaban J connectivity index is 2.24. The lowest BCUT2D eigenvalue weighted by Gasteiger charge is -2.09. The average Bonchev–Trinajstić information content (AvgIpc) is 2.90. The van der Waals surface area contributed by atoms with E-state index in [0.717, 1.165) is 10.7 Å². The van der Waals surface area contributed by atoms with Crippen LogP contribution in [0.2, 0.25) is 0 Å². The lowest BCUT2D eigenvalue weighted by atomic mass is 10.1. The van der Waals surface area contributed by atoms with Gasteiger partial charge in [0.05, 0.1) is 11.1 Å². The van der Waals surface area contributed by atoms with E-state index in [1.807, 2.05) is 0 Å². The Morgan fingerprint density at radius 1 is 1.19 bits per heavy atom. The normalized spacial score (nSPS) is 12.3. The maximum atomic E-state index is 13.3. The van der Waals surface area contributed by atoms with Crippen LogP contribution in [0.5, 0.6) is 0 Å². The lowest BCUT2D eigenvalue weighted by molar-refractivity contribution is -0.141. The highest BCUT2D eigenvalue weighted by Gasteiger charge is 2.34. The summed E-state index contributed by atoms with van der Waals surface area (Å²) in [6.45, 7) is -1.20. The number of alkyl halides is 6. The first-order chi connectivity index (χ1) is 12.1. The molecule has 138 valence electrons. The molecule has 26 heavy (non-hydrogen) atoms. The highest BCUT2D eigenvalue weighted by Crippen LogP contribution is 2.35. The number of nitrogens with two attached hydrogens (primary N) is 1. The van der Waals surface area contributed by atoms with E-state index in [0.29, 0.717) is 9.64 Å². The second-order valence-corrected chi connectivity index (χ2v) is 6.47. The Kier molecular flexibility index (Phi) is 4.75. The van der Waals surface area contributed by atoms with Crippen molar-refractivity contribution >= 4 is 39.4 Å². The topological polar surface area (TPSA) is 56.7 Å². The molecular formula is C15H9F6IN4. The fraction of sp³-hybridized carbons (Fsp3) is 0.200. The van der Waals surface area contributed by atoms with Gasteiger partial charge in [-0.1, -0.05) is 6.07 Å². The van der Waals surface area contributed by atoms with Crippen LogP contribution in [0.3, 0.4) is 0 Å². The van der Waals surface area contributed by atoms with Gasteiger partial charge in [-0.25, -0.2) is 22.8 Å². The van der Waals surface area contributed by atoms with Gasteiger partial charge < -0.3 is 5.73 Å². The third kappa shape index (κ3) is 3.19. The predicted octanol–water partition coefficient (Wildman–Crippen LogP) is 5.03. The summed E-state index contributed by atoms with van der Waals surface area (Å²) in [5.74, 6) is -0.128. The minimum atomic E-state index is -4.77. The minimum Gasteiger partial charge on any atom is -0.383 e. The Hall–Kier alpha value is -2.05. The van der Waals surface area contributed by atoms with Crippen molar-refractivity contribution < 1.29 is 26.3 Å². The van der Waals surface area contributed by atoms with E-state index >= 15 is 0 Å². The number of anilines is 1. The Labute approximate surface area is 156 Å². The number of pyridine rings is 1. The first-order valence-corrected chi connectivity index (χ1v) is 8.10. The molecule has 0 spiro atoms. The van der Waals surface area contributed by atoms with E-state index in [9.17, 15) is 26.3 Å². The molecule has 0 saturated heterocycles. The van der Waals surface area contributed by atoms with Gasteiger partial charge in [0.1, 0.15) is 18.2 Å². The number of nitrogens with zero attached hydrogens (tertiary/aromatic N) is 3. The van der Waals surface area contributed by atoms with Crippen LogP contribution in [0.4, 0.5) is 32.2 Å². The number of halogens is 7. The minimum absolute atomic E-state index is 0.0470. The highest BCUT2D eigenvalue weighted by atomic mass is 127. The fourth-order valence-electron chi connectivity index (χ4n) is 2.45. The average molecular weight is 486 g/mol. The zero-order valence-corrected chi connectivity index (χ0v) is 14.8. The third-order valence-corrected chi connectivity index (χ3v) is 4.51. The summed E-state index contributed by atoms with van der Waals surface area (Å²) in [4.78, 5) is 3.41. The maximum absolute atomic E-state index is 13.3. The summed E-state index contributed by atoms with van der Waals surface area (Å²) in [6.07, 6.45) is -7.45. The molecule has 0 fully saturated rings. The van der Waals surface area contributed by atoms with Crippen LogP contribution in [0.15, 0.2) is 24.3 Å². The summed E-state index contributed by atoms with van der Waals surface area (Å²) in [6, 6.07) is 4.25. The zero-order valence-electron chi connectivity index (χ0n) is 12.7. The van der Waals surface area contributed by atoms with Gasteiger partial charge in [0.15, 0.2) is 5.65 Å². The maximum Gasteiger partial charge on any atom is 0.433 e. The van der Waals surface area contributed by atoms with Crippen LogP contribution in [0, 0.1) is 3.57 Å². The van der Waals surface area contributed by atoms with Crippen LogP contribution in [0.1, 0.15) is 23.2 Å². The molecule has 4 nitrogen and oxygen atoms in total. The van der Waals surface area contributed by atoms with E-state index in [-0.39, 0.29) is 33.7 Å². The quantitative estimate of drug-likeness (QED) is 0.418. The van der Waals surface area contributed by atoms with Crippen LogP contribution >= 0.6 is 22.6 Å². The molecule has 0 bridgehead atoms. The van der Waals surface area contributed by atoms with Crippen molar-refractivity contribution in [3.05, 3.63) is 44.7 Å². The molecule has 0 saturated carbocycles. The summed E-state index contributed by atoms with van der Waals surface area (Å²) < 4.78 is 79.0. The van der Waals surface area contributed by atoms with E-state index in [1.54, 1.807) is 22.6 Å². The number of benzene rings is 1. The largest absolute Gasteiger partial charge is 0.433 e. The van der Waals surface area contributed by atoms with Gasteiger partial charge in [-0.15, -0.1) is 5.10 Å². The first-order valence-electron chi connectivity index (χ1n) is 7.02. The van der Waals surface area contributed by atoms with E-state index in [1.165, 1.54) is 12.1 Å². The van der Waals surface area contributed by atoms with Gasteiger partial charge in [-0.3, -0.25) is 0 Å². The van der Waals surface area contributed by atoms with E-state index < -0.39 is 25.0 Å². The third-order valence-electron chi connectivity index (χ3n) is 3.65. The Bertz CT molecular complexity index is 982. The molecule has 0 radical (unpaired) electrons. The molecule has 0 aliphatic carbocycles. The molecule has 3 rings (SSSR count). The van der Waals surface area contributed by atoms with E-state index in [4.69, 9.17) is 5.73 Å². The number of hydrogen-bond donors (Lipinski definition) is 1. The number of nitrogen functional groups attached to an aromatic ring is 1. The summed E-state index contributed by atoms with van der Waals surface area (Å²) in [5, 5.41) is 3.88. The fourth-order valence-corrected chi connectivity index (χ4v) is 3.22.